The third-order valence-electron chi connectivity index (χ3n) is 2.63. The molecule has 1 rings (SSSR count). The number of benzene rings is 1. The van der Waals surface area contributed by atoms with Crippen LogP contribution in [0.2, 0.25) is 0 Å². The van der Waals surface area contributed by atoms with Gasteiger partial charge in [-0.2, -0.15) is 5.10 Å². The van der Waals surface area contributed by atoms with E-state index in [1.54, 1.807) is 0 Å². The van der Waals surface area contributed by atoms with Crippen molar-refractivity contribution < 1.29 is 4.74 Å². The highest BCUT2D eigenvalue weighted by atomic mass is 32.1. The average Bonchev–Trinajstić information content (AvgIpc) is 2.47. The van der Waals surface area contributed by atoms with Gasteiger partial charge in [-0.1, -0.05) is 25.5 Å². The minimum absolute atomic E-state index is 0.295. The molecule has 0 fully saturated rings. The lowest BCUT2D eigenvalue weighted by molar-refractivity contribution is 0.309. The Labute approximate surface area is 125 Å². The molecule has 6 heteroatoms. The number of nitrogens with two attached hydrogens (primary N) is 1. The number of ether oxygens (including phenoxy) is 1. The van der Waals surface area contributed by atoms with Gasteiger partial charge in [0.15, 0.2) is 0 Å². The van der Waals surface area contributed by atoms with Gasteiger partial charge in [0, 0.05) is 12.1 Å². The summed E-state index contributed by atoms with van der Waals surface area (Å²) in [6, 6.07) is 8.05. The lowest BCUT2D eigenvalue weighted by atomic mass is 10.1. The van der Waals surface area contributed by atoms with E-state index in [1.807, 2.05) is 31.2 Å². The van der Waals surface area contributed by atoms with Gasteiger partial charge in [0.25, 0.3) is 0 Å². The normalized spacial score (nSPS) is 11.1. The lowest BCUT2D eigenvalue weighted by Gasteiger charge is -2.07. The van der Waals surface area contributed by atoms with Crippen LogP contribution in [0, 0.1) is 0 Å². The van der Waals surface area contributed by atoms with Crippen LogP contribution in [0.4, 0.5) is 0 Å². The first-order chi connectivity index (χ1) is 9.65. The second-order valence-corrected chi connectivity index (χ2v) is 4.86. The fraction of sp³-hybridized carbons (Fsp3) is 0.429. The maximum absolute atomic E-state index is 5.62. The molecular weight excluding hydrogens is 272 g/mol. The SMILES string of the molecule is CCCCOc1ccc(C/C(C)=N/NC(=S)NN)cc1. The molecule has 0 unspecified atom stereocenters. The smallest absolute Gasteiger partial charge is 0.201 e. The van der Waals surface area contributed by atoms with Crippen molar-refractivity contribution in [3.05, 3.63) is 29.8 Å². The number of hydrogen-bond donors (Lipinski definition) is 3. The molecule has 20 heavy (non-hydrogen) atoms. The number of nitrogens with one attached hydrogen (secondary N) is 2. The third kappa shape index (κ3) is 6.49. The monoisotopic (exact) mass is 294 g/mol. The molecule has 0 aliphatic heterocycles. The van der Waals surface area contributed by atoms with Gasteiger partial charge in [0.2, 0.25) is 5.11 Å². The molecule has 5 nitrogen and oxygen atoms in total. The summed E-state index contributed by atoms with van der Waals surface area (Å²) in [7, 11) is 0. The van der Waals surface area contributed by atoms with E-state index in [9.17, 15) is 0 Å². The largest absolute Gasteiger partial charge is 0.494 e. The number of thiocarbonyl (C=S) groups is 1. The number of unbranched alkanes of at least 4 members (excludes halogenated alkanes) is 1. The van der Waals surface area contributed by atoms with Crippen LogP contribution in [0.3, 0.4) is 0 Å². The van der Waals surface area contributed by atoms with Crippen molar-refractivity contribution in [3.8, 4) is 5.75 Å². The van der Waals surface area contributed by atoms with E-state index in [-0.39, 0.29) is 0 Å². The average molecular weight is 294 g/mol. The summed E-state index contributed by atoms with van der Waals surface area (Å²) in [5.74, 6) is 6.05. The molecular formula is C14H22N4OS. The Hall–Kier alpha value is -1.66. The number of hydrazone groups is 1. The van der Waals surface area contributed by atoms with E-state index < -0.39 is 0 Å². The summed E-state index contributed by atoms with van der Waals surface area (Å²) < 4.78 is 5.62. The zero-order chi connectivity index (χ0) is 14.8. The van der Waals surface area contributed by atoms with Gasteiger partial charge < -0.3 is 4.74 Å². The molecule has 110 valence electrons. The van der Waals surface area contributed by atoms with Gasteiger partial charge in [-0.3, -0.25) is 10.9 Å². The third-order valence-corrected chi connectivity index (χ3v) is 2.84. The second-order valence-electron chi connectivity index (χ2n) is 4.46. The Kier molecular flexibility index (Phi) is 7.60. The van der Waals surface area contributed by atoms with Crippen LogP contribution >= 0.6 is 12.2 Å². The van der Waals surface area contributed by atoms with Crippen LogP contribution in [0.1, 0.15) is 32.3 Å². The maximum atomic E-state index is 5.62. The minimum atomic E-state index is 0.295. The van der Waals surface area contributed by atoms with Crippen molar-refractivity contribution in [2.45, 2.75) is 33.1 Å². The van der Waals surface area contributed by atoms with E-state index in [4.69, 9.17) is 22.8 Å². The number of hydrazine groups is 1. The van der Waals surface area contributed by atoms with E-state index in [1.165, 1.54) is 5.56 Å². The Morgan fingerprint density at radius 2 is 2.05 bits per heavy atom. The molecule has 1 aromatic rings. The first kappa shape index (κ1) is 16.4. The first-order valence-electron chi connectivity index (χ1n) is 6.67. The van der Waals surface area contributed by atoms with Gasteiger partial charge >= 0.3 is 0 Å². The van der Waals surface area contributed by atoms with Crippen LogP contribution in [0.25, 0.3) is 0 Å². The van der Waals surface area contributed by atoms with Gasteiger partial charge in [0.05, 0.1) is 6.61 Å². The molecule has 0 spiro atoms. The highest BCUT2D eigenvalue weighted by Crippen LogP contribution is 2.13. The Balaban J connectivity index is 2.46. The van der Waals surface area contributed by atoms with Crippen LogP contribution in [-0.2, 0) is 6.42 Å². The van der Waals surface area contributed by atoms with Crippen molar-refractivity contribution in [2.24, 2.45) is 10.9 Å². The van der Waals surface area contributed by atoms with Crippen molar-refractivity contribution >= 4 is 23.0 Å². The molecule has 0 aromatic heterocycles. The predicted octanol–water partition coefficient (Wildman–Crippen LogP) is 2.12. The van der Waals surface area contributed by atoms with Crippen molar-refractivity contribution in [1.29, 1.82) is 0 Å². The van der Waals surface area contributed by atoms with Crippen LogP contribution < -0.4 is 21.4 Å². The summed E-state index contributed by atoms with van der Waals surface area (Å²) >= 11 is 4.83. The summed E-state index contributed by atoms with van der Waals surface area (Å²) in [5.41, 5.74) is 7.06. The fourth-order valence-corrected chi connectivity index (χ4v) is 1.60. The quantitative estimate of drug-likeness (QED) is 0.236. The zero-order valence-electron chi connectivity index (χ0n) is 12.0. The van der Waals surface area contributed by atoms with Gasteiger partial charge in [-0.05, 0) is 43.3 Å². The molecule has 1 aromatic carbocycles. The van der Waals surface area contributed by atoms with E-state index in [2.05, 4.69) is 22.9 Å². The molecule has 0 radical (unpaired) electrons. The van der Waals surface area contributed by atoms with Gasteiger partial charge in [-0.25, -0.2) is 5.84 Å². The molecule has 0 aliphatic rings. The van der Waals surface area contributed by atoms with Gasteiger partial charge in [0.1, 0.15) is 5.75 Å². The Morgan fingerprint density at radius 1 is 1.35 bits per heavy atom. The molecule has 0 saturated carbocycles. The van der Waals surface area contributed by atoms with Crippen LogP contribution in [0.15, 0.2) is 29.4 Å². The maximum Gasteiger partial charge on any atom is 0.201 e. The number of rotatable bonds is 7. The van der Waals surface area contributed by atoms with Crippen LogP contribution in [0.5, 0.6) is 5.75 Å². The molecule has 0 heterocycles. The van der Waals surface area contributed by atoms with E-state index in [0.717, 1.165) is 37.3 Å². The highest BCUT2D eigenvalue weighted by Gasteiger charge is 1.99. The highest BCUT2D eigenvalue weighted by molar-refractivity contribution is 7.80. The molecule has 0 atom stereocenters. The molecule has 0 bridgehead atoms. The number of hydrogen-bond acceptors (Lipinski definition) is 4. The summed E-state index contributed by atoms with van der Waals surface area (Å²) in [4.78, 5) is 0. The minimum Gasteiger partial charge on any atom is -0.494 e. The fourth-order valence-electron chi connectivity index (χ4n) is 1.55. The molecule has 0 amide bonds. The first-order valence-corrected chi connectivity index (χ1v) is 7.08. The van der Waals surface area contributed by atoms with Crippen molar-refractivity contribution in [2.75, 3.05) is 6.61 Å². The summed E-state index contributed by atoms with van der Waals surface area (Å²) in [6.07, 6.45) is 2.96. The Morgan fingerprint density at radius 3 is 2.65 bits per heavy atom. The van der Waals surface area contributed by atoms with Crippen molar-refractivity contribution in [3.63, 3.8) is 0 Å². The van der Waals surface area contributed by atoms with Crippen molar-refractivity contribution in [1.82, 2.24) is 10.9 Å². The second kappa shape index (κ2) is 9.28. The van der Waals surface area contributed by atoms with E-state index >= 15 is 0 Å². The summed E-state index contributed by atoms with van der Waals surface area (Å²) in [5, 5.41) is 4.42. The Bertz CT molecular complexity index is 445. The molecule has 0 aliphatic carbocycles. The number of nitrogens with zero attached hydrogens (tertiary/aromatic N) is 1. The zero-order valence-corrected chi connectivity index (χ0v) is 12.8. The molecule has 0 saturated heterocycles. The lowest BCUT2D eigenvalue weighted by Crippen LogP contribution is -2.37. The standard InChI is InChI=1S/C14H22N4OS/c1-3-4-9-19-13-7-5-12(6-8-13)10-11(2)17-18-14(20)16-15/h5-8H,3-4,9-10,15H2,1-2H3,(H2,16,18,20)/b17-11+. The molecule has 4 N–H and O–H groups in total. The topological polar surface area (TPSA) is 71.7 Å². The van der Waals surface area contributed by atoms with Gasteiger partial charge in [-0.15, -0.1) is 0 Å². The van der Waals surface area contributed by atoms with Crippen LogP contribution in [-0.4, -0.2) is 17.4 Å². The summed E-state index contributed by atoms with van der Waals surface area (Å²) in [6.45, 7) is 4.84. The predicted molar refractivity (Wildman–Crippen MR) is 86.7 cm³/mol. The van der Waals surface area contributed by atoms with E-state index in [0.29, 0.717) is 5.11 Å².